The zero-order valence-electron chi connectivity index (χ0n) is 27.4. The van der Waals surface area contributed by atoms with Crippen LogP contribution in [0.1, 0.15) is 58.1 Å². The van der Waals surface area contributed by atoms with Crippen LogP contribution in [0, 0.1) is 11.6 Å². The smallest absolute Gasteiger partial charge is 0.356 e. The van der Waals surface area contributed by atoms with Crippen molar-refractivity contribution >= 4 is 11.9 Å². The maximum Gasteiger partial charge on any atom is 0.356 e. The van der Waals surface area contributed by atoms with Gasteiger partial charge >= 0.3 is 11.9 Å². The van der Waals surface area contributed by atoms with Crippen LogP contribution in [-0.2, 0) is 9.47 Å². The highest BCUT2D eigenvalue weighted by Crippen LogP contribution is 2.31. The maximum absolute atomic E-state index is 13.2. The minimum Gasteiger partial charge on any atom is -0.464 e. The fourth-order valence-corrected chi connectivity index (χ4v) is 5.01. The lowest BCUT2D eigenvalue weighted by molar-refractivity contribution is 0.0581. The largest absolute Gasteiger partial charge is 0.464 e. The lowest BCUT2D eigenvalue weighted by Gasteiger charge is -2.19. The maximum atomic E-state index is 13.2. The second kappa shape index (κ2) is 17.3. The van der Waals surface area contributed by atoms with Crippen LogP contribution in [0.2, 0.25) is 0 Å². The molecule has 0 bridgehead atoms. The Labute approximate surface area is 282 Å². The third-order valence-corrected chi connectivity index (χ3v) is 7.51. The number of H-pyrrole nitrogens is 1. The van der Waals surface area contributed by atoms with E-state index in [0.717, 1.165) is 33.4 Å². The van der Waals surface area contributed by atoms with Crippen LogP contribution < -0.4 is 0 Å². The molecule has 9 nitrogen and oxygen atoms in total. The number of methoxy groups -OCH3 is 2. The van der Waals surface area contributed by atoms with Gasteiger partial charge in [-0.2, -0.15) is 0 Å². The third-order valence-electron chi connectivity index (χ3n) is 7.51. The van der Waals surface area contributed by atoms with Crippen molar-refractivity contribution in [1.82, 2.24) is 19.5 Å². The molecule has 0 saturated carbocycles. The summed E-state index contributed by atoms with van der Waals surface area (Å²) in [6.07, 6.45) is 5.40. The molecule has 0 spiro atoms. The molecule has 49 heavy (non-hydrogen) atoms. The zero-order chi connectivity index (χ0) is 35.3. The van der Waals surface area contributed by atoms with Gasteiger partial charge < -0.3 is 24.1 Å². The zero-order valence-corrected chi connectivity index (χ0v) is 27.4. The summed E-state index contributed by atoms with van der Waals surface area (Å²) in [4.78, 5) is 32.8. The first-order chi connectivity index (χ1) is 23.6. The molecule has 2 aromatic heterocycles. The number of aliphatic hydroxyl groups excluding tert-OH is 1. The lowest BCUT2D eigenvalue weighted by Crippen LogP contribution is -2.15. The number of carbonyl (C=O) groups is 2. The van der Waals surface area contributed by atoms with Crippen LogP contribution in [-0.4, -0.2) is 50.8 Å². The lowest BCUT2D eigenvalue weighted by atomic mass is 9.95. The molecule has 4 aromatic carbocycles. The van der Waals surface area contributed by atoms with Gasteiger partial charge in [-0.3, -0.25) is 0 Å². The normalized spacial score (nSPS) is 11.6. The number of nitrogens with zero attached hydrogens (tertiary/aromatic N) is 3. The van der Waals surface area contributed by atoms with Crippen molar-refractivity contribution < 1.29 is 33.0 Å². The van der Waals surface area contributed by atoms with E-state index >= 15 is 0 Å². The van der Waals surface area contributed by atoms with E-state index in [9.17, 15) is 23.5 Å². The molecule has 0 aliphatic carbocycles. The molecule has 0 saturated heterocycles. The van der Waals surface area contributed by atoms with Gasteiger partial charge in [-0.05, 0) is 71.5 Å². The number of hydrogen-bond acceptors (Lipinski definition) is 7. The van der Waals surface area contributed by atoms with Crippen LogP contribution >= 0.6 is 0 Å². The summed E-state index contributed by atoms with van der Waals surface area (Å²) in [6.45, 7) is 3.71. The number of esters is 2. The van der Waals surface area contributed by atoms with E-state index in [1.165, 1.54) is 57.2 Å². The molecule has 2 N–H and O–H groups in total. The van der Waals surface area contributed by atoms with Gasteiger partial charge in [0.2, 0.25) is 0 Å². The topological polar surface area (TPSA) is 119 Å². The molecule has 2 heterocycles. The third kappa shape index (κ3) is 9.33. The average molecular weight is 667 g/mol. The fraction of sp³-hybridized carbons (Fsp3) is 0.158. The number of aromatic nitrogens is 4. The number of benzene rings is 4. The first-order valence-corrected chi connectivity index (χ1v) is 15.2. The molecule has 2 atom stereocenters. The number of nitrogens with one attached hydrogen (secondary N) is 1. The molecule has 6 rings (SSSR count). The Balaban J connectivity index is 0.000000185. The summed E-state index contributed by atoms with van der Waals surface area (Å²) in [5.74, 6) is -1.35. The van der Waals surface area contributed by atoms with Gasteiger partial charge in [-0.1, -0.05) is 72.8 Å². The molecule has 11 heteroatoms. The van der Waals surface area contributed by atoms with Crippen LogP contribution in [0.4, 0.5) is 8.78 Å². The Morgan fingerprint density at radius 2 is 1.22 bits per heavy atom. The van der Waals surface area contributed by atoms with Crippen LogP contribution in [0.15, 0.2) is 122 Å². The van der Waals surface area contributed by atoms with Crippen LogP contribution in [0.3, 0.4) is 0 Å². The summed E-state index contributed by atoms with van der Waals surface area (Å²) >= 11 is 0. The highest BCUT2D eigenvalue weighted by atomic mass is 19.1. The Morgan fingerprint density at radius 3 is 1.71 bits per heavy atom. The Bertz CT molecular complexity index is 1940. The molecule has 0 fully saturated rings. The molecule has 0 amide bonds. The van der Waals surface area contributed by atoms with E-state index in [2.05, 4.69) is 19.7 Å². The Kier molecular flexibility index (Phi) is 12.7. The van der Waals surface area contributed by atoms with Gasteiger partial charge in [0, 0.05) is 0 Å². The van der Waals surface area contributed by atoms with Crippen LogP contribution in [0.5, 0.6) is 0 Å². The van der Waals surface area contributed by atoms with E-state index in [1.54, 1.807) is 42.1 Å². The van der Waals surface area contributed by atoms with E-state index in [1.807, 2.05) is 55.5 Å². The molecule has 252 valence electrons. The van der Waals surface area contributed by atoms with Crippen molar-refractivity contribution in [2.75, 3.05) is 14.2 Å². The van der Waals surface area contributed by atoms with Crippen molar-refractivity contribution in [3.05, 3.63) is 156 Å². The minimum absolute atomic E-state index is 0.136. The minimum atomic E-state index is -0.527. The number of halogens is 2. The van der Waals surface area contributed by atoms with E-state index in [0.29, 0.717) is 11.4 Å². The first-order valence-electron chi connectivity index (χ1n) is 15.2. The monoisotopic (exact) mass is 666 g/mol. The summed E-state index contributed by atoms with van der Waals surface area (Å²) in [7, 11) is 2.67. The van der Waals surface area contributed by atoms with Gasteiger partial charge in [0.1, 0.15) is 23.0 Å². The number of rotatable bonds is 7. The number of ether oxygens (including phenoxy) is 2. The number of imidazole rings is 2. The molecule has 0 aliphatic rings. The standard InChI is InChI=1S/C19H17FN2O2.C14H13FO.C5H6N2O2/c1-13(22-12-21-11-18(22)19(23)24-2)16-5-3-4-6-17(16)14-7-9-15(20)10-8-14;1-10(16)13-4-2-3-5-14(13)11-6-8-12(15)9-7-11;1-9-5(8)4-2-6-3-7-4/h3-13H,1-2H3;2-10,16H,1H3;2-3H,1H3,(H,6,7). The number of aromatic amines is 1. The van der Waals surface area contributed by atoms with Crippen LogP contribution in [0.25, 0.3) is 22.3 Å². The van der Waals surface area contributed by atoms with Crippen molar-refractivity contribution in [2.45, 2.75) is 26.0 Å². The predicted molar refractivity (Wildman–Crippen MR) is 182 cm³/mol. The van der Waals surface area contributed by atoms with Gasteiger partial charge in [0.25, 0.3) is 0 Å². The second-order valence-corrected chi connectivity index (χ2v) is 10.7. The summed E-state index contributed by atoms with van der Waals surface area (Å²) in [6, 6.07) is 28.0. The Hall–Kier alpha value is -5.94. The highest BCUT2D eigenvalue weighted by Gasteiger charge is 2.20. The number of hydrogen-bond donors (Lipinski definition) is 2. The fourth-order valence-electron chi connectivity index (χ4n) is 5.01. The number of aliphatic hydroxyl groups is 1. The molecule has 6 aromatic rings. The second-order valence-electron chi connectivity index (χ2n) is 10.7. The van der Waals surface area contributed by atoms with Crippen molar-refractivity contribution in [3.8, 4) is 22.3 Å². The van der Waals surface area contributed by atoms with Gasteiger partial charge in [-0.15, -0.1) is 0 Å². The molecular formula is C38H36F2N4O5. The highest BCUT2D eigenvalue weighted by molar-refractivity contribution is 5.87. The predicted octanol–water partition coefficient (Wildman–Crippen LogP) is 7.83. The van der Waals surface area contributed by atoms with E-state index < -0.39 is 18.0 Å². The Morgan fingerprint density at radius 1 is 0.714 bits per heavy atom. The van der Waals surface area contributed by atoms with Crippen molar-refractivity contribution in [1.29, 1.82) is 0 Å². The van der Waals surface area contributed by atoms with Crippen molar-refractivity contribution in [2.24, 2.45) is 0 Å². The average Bonchev–Trinajstić information content (AvgIpc) is 3.86. The molecule has 2 unspecified atom stereocenters. The van der Waals surface area contributed by atoms with Gasteiger partial charge in [0.05, 0.1) is 51.4 Å². The van der Waals surface area contributed by atoms with E-state index in [4.69, 9.17) is 4.74 Å². The summed E-state index contributed by atoms with van der Waals surface area (Å²) < 4.78 is 37.0. The summed E-state index contributed by atoms with van der Waals surface area (Å²) in [5, 5.41) is 9.65. The molecular weight excluding hydrogens is 630 g/mol. The summed E-state index contributed by atoms with van der Waals surface area (Å²) in [5.41, 5.74) is 6.38. The number of carbonyl (C=O) groups excluding carboxylic acids is 2. The van der Waals surface area contributed by atoms with E-state index in [-0.39, 0.29) is 17.7 Å². The SMILES string of the molecule is CC(O)c1ccccc1-c1ccc(F)cc1.COC(=O)c1cnc[nH]1.COC(=O)c1cncn1C(C)c1ccccc1-c1ccc(F)cc1. The quantitative estimate of drug-likeness (QED) is 0.167. The van der Waals surface area contributed by atoms with Gasteiger partial charge in [0.15, 0.2) is 0 Å². The first kappa shape index (κ1) is 35.9. The molecule has 0 radical (unpaired) electrons. The van der Waals surface area contributed by atoms with Gasteiger partial charge in [-0.25, -0.2) is 28.3 Å². The van der Waals surface area contributed by atoms with Crippen molar-refractivity contribution in [3.63, 3.8) is 0 Å². The molecule has 0 aliphatic heterocycles.